The molecule has 0 saturated carbocycles. The van der Waals surface area contributed by atoms with Crippen LogP contribution in [0.1, 0.15) is 22.8 Å². The Hall–Kier alpha value is -3.59. The van der Waals surface area contributed by atoms with Gasteiger partial charge in [0.25, 0.3) is 15.9 Å². The highest BCUT2D eigenvalue weighted by Gasteiger charge is 2.15. The lowest BCUT2D eigenvalue weighted by atomic mass is 10.1. The first-order valence-corrected chi connectivity index (χ1v) is 11.3. The van der Waals surface area contributed by atoms with Gasteiger partial charge in [0.1, 0.15) is 5.75 Å². The fourth-order valence-corrected chi connectivity index (χ4v) is 3.95. The van der Waals surface area contributed by atoms with Crippen molar-refractivity contribution in [1.82, 2.24) is 5.32 Å². The van der Waals surface area contributed by atoms with E-state index in [0.717, 1.165) is 0 Å². The fourth-order valence-electron chi connectivity index (χ4n) is 2.89. The van der Waals surface area contributed by atoms with E-state index in [0.29, 0.717) is 29.2 Å². The average molecular weight is 459 g/mol. The Labute approximate surface area is 186 Å². The molecule has 3 aromatic rings. The van der Waals surface area contributed by atoms with E-state index in [9.17, 15) is 17.6 Å². The van der Waals surface area contributed by atoms with Crippen molar-refractivity contribution in [2.75, 3.05) is 18.4 Å². The van der Waals surface area contributed by atoms with E-state index in [2.05, 4.69) is 10.0 Å². The molecule has 0 aliphatic carbocycles. The molecule has 32 heavy (non-hydrogen) atoms. The number of benzene rings is 3. The Bertz CT molecular complexity index is 1180. The van der Waals surface area contributed by atoms with E-state index in [1.54, 1.807) is 18.2 Å². The number of halogens is 1. The first-order chi connectivity index (χ1) is 15.3. The number of nitrogens with one attached hydrogen (secondary N) is 2. The van der Waals surface area contributed by atoms with Crippen LogP contribution in [0.15, 0.2) is 71.6 Å². The minimum Gasteiger partial charge on any atom is -0.494 e. The summed E-state index contributed by atoms with van der Waals surface area (Å²) in [6, 6.07) is 16.5. The molecule has 0 fully saturated rings. The van der Waals surface area contributed by atoms with Crippen molar-refractivity contribution in [3.05, 3.63) is 83.7 Å². The topological polar surface area (TPSA) is 93.7 Å². The number of hydrogen-bond acceptors (Lipinski definition) is 5. The van der Waals surface area contributed by atoms with Gasteiger partial charge in [-0.15, -0.1) is 0 Å². The van der Waals surface area contributed by atoms with E-state index in [1.807, 2.05) is 6.92 Å². The Balaban J connectivity index is 1.61. The predicted molar refractivity (Wildman–Crippen MR) is 119 cm³/mol. The molecule has 0 saturated heterocycles. The summed E-state index contributed by atoms with van der Waals surface area (Å²) in [6.07, 6.45) is 0. The summed E-state index contributed by atoms with van der Waals surface area (Å²) in [6.45, 7) is 2.46. The summed E-state index contributed by atoms with van der Waals surface area (Å²) in [5.41, 5.74) is 1.23. The summed E-state index contributed by atoms with van der Waals surface area (Å²) in [5.74, 6) is -0.173. The zero-order valence-corrected chi connectivity index (χ0v) is 18.4. The molecule has 0 unspecified atom stereocenters. The molecule has 0 atom stereocenters. The lowest BCUT2D eigenvalue weighted by Crippen LogP contribution is -2.22. The van der Waals surface area contributed by atoms with Crippen LogP contribution < -0.4 is 19.5 Å². The van der Waals surface area contributed by atoms with Crippen LogP contribution in [-0.2, 0) is 16.6 Å². The maximum atomic E-state index is 13.8. The molecule has 168 valence electrons. The second-order valence-electron chi connectivity index (χ2n) is 6.74. The number of carbonyl (C=O) groups excluding carboxylic acids is 1. The number of ether oxygens (including phenoxy) is 2. The molecular formula is C23H23FN2O5S. The van der Waals surface area contributed by atoms with Gasteiger partial charge in [0, 0.05) is 17.8 Å². The van der Waals surface area contributed by atoms with Crippen LogP contribution in [0.4, 0.5) is 10.1 Å². The van der Waals surface area contributed by atoms with Crippen molar-refractivity contribution in [3.63, 3.8) is 0 Å². The normalized spacial score (nSPS) is 11.0. The smallest absolute Gasteiger partial charge is 0.261 e. The van der Waals surface area contributed by atoms with Gasteiger partial charge < -0.3 is 14.8 Å². The number of sulfonamides is 1. The summed E-state index contributed by atoms with van der Waals surface area (Å²) in [4.78, 5) is 12.4. The van der Waals surface area contributed by atoms with E-state index in [1.165, 1.54) is 55.6 Å². The van der Waals surface area contributed by atoms with Crippen molar-refractivity contribution in [3.8, 4) is 11.5 Å². The molecule has 7 nitrogen and oxygen atoms in total. The van der Waals surface area contributed by atoms with Gasteiger partial charge in [-0.2, -0.15) is 0 Å². The molecule has 3 rings (SSSR count). The maximum Gasteiger partial charge on any atom is 0.261 e. The zero-order valence-electron chi connectivity index (χ0n) is 17.6. The number of rotatable bonds is 9. The van der Waals surface area contributed by atoms with E-state index in [-0.39, 0.29) is 23.1 Å². The standard InChI is InChI=1S/C23H23FN2O5S/c1-3-31-19-9-11-20(12-10-19)32(28,29)26-18-7-5-17(6-8-18)23(27)25-15-16-4-13-22(30-2)21(24)14-16/h4-14,26H,3,15H2,1-2H3,(H,25,27). The minimum absolute atomic E-state index is 0.0921. The van der Waals surface area contributed by atoms with Gasteiger partial charge >= 0.3 is 0 Å². The molecule has 1 amide bonds. The highest BCUT2D eigenvalue weighted by atomic mass is 32.2. The van der Waals surface area contributed by atoms with Gasteiger partial charge in [-0.05, 0) is 73.2 Å². The quantitative estimate of drug-likeness (QED) is 0.506. The van der Waals surface area contributed by atoms with E-state index in [4.69, 9.17) is 9.47 Å². The minimum atomic E-state index is -3.79. The lowest BCUT2D eigenvalue weighted by Gasteiger charge is -2.10. The second-order valence-corrected chi connectivity index (χ2v) is 8.42. The second kappa shape index (κ2) is 10.1. The summed E-state index contributed by atoms with van der Waals surface area (Å²) >= 11 is 0. The van der Waals surface area contributed by atoms with Gasteiger partial charge in [0.15, 0.2) is 11.6 Å². The monoisotopic (exact) mass is 458 g/mol. The molecule has 0 aliphatic heterocycles. The van der Waals surface area contributed by atoms with E-state index >= 15 is 0 Å². The molecule has 3 aromatic carbocycles. The van der Waals surface area contributed by atoms with Crippen LogP contribution >= 0.6 is 0 Å². The van der Waals surface area contributed by atoms with Gasteiger partial charge in [0.05, 0.1) is 18.6 Å². The zero-order chi connectivity index (χ0) is 23.1. The van der Waals surface area contributed by atoms with Crippen LogP contribution in [0.3, 0.4) is 0 Å². The van der Waals surface area contributed by atoms with Crippen LogP contribution in [0, 0.1) is 5.82 Å². The first kappa shape index (κ1) is 23.1. The maximum absolute atomic E-state index is 13.8. The molecule has 2 N–H and O–H groups in total. The Morgan fingerprint density at radius 3 is 2.28 bits per heavy atom. The number of methoxy groups -OCH3 is 1. The largest absolute Gasteiger partial charge is 0.494 e. The van der Waals surface area contributed by atoms with Gasteiger partial charge in [0.2, 0.25) is 0 Å². The van der Waals surface area contributed by atoms with Gasteiger partial charge in [-0.1, -0.05) is 6.07 Å². The van der Waals surface area contributed by atoms with Crippen molar-refractivity contribution in [2.45, 2.75) is 18.4 Å². The molecule has 0 aromatic heterocycles. The SMILES string of the molecule is CCOc1ccc(S(=O)(=O)Nc2ccc(C(=O)NCc3ccc(OC)c(F)c3)cc2)cc1. The fraction of sp³-hybridized carbons (Fsp3) is 0.174. The lowest BCUT2D eigenvalue weighted by molar-refractivity contribution is 0.0951. The third-order valence-corrected chi connectivity index (χ3v) is 5.91. The molecule has 0 spiro atoms. The van der Waals surface area contributed by atoms with Crippen molar-refractivity contribution in [1.29, 1.82) is 0 Å². The molecule has 0 aliphatic rings. The van der Waals surface area contributed by atoms with Gasteiger partial charge in [-0.3, -0.25) is 9.52 Å². The number of hydrogen-bond donors (Lipinski definition) is 2. The number of carbonyl (C=O) groups is 1. The number of anilines is 1. The van der Waals surface area contributed by atoms with Crippen LogP contribution in [0.2, 0.25) is 0 Å². The highest BCUT2D eigenvalue weighted by Crippen LogP contribution is 2.20. The summed E-state index contributed by atoms with van der Waals surface area (Å²) in [5, 5.41) is 2.69. The summed E-state index contributed by atoms with van der Waals surface area (Å²) < 4.78 is 51.5. The summed E-state index contributed by atoms with van der Waals surface area (Å²) in [7, 11) is -2.41. The van der Waals surface area contributed by atoms with Crippen molar-refractivity contribution in [2.24, 2.45) is 0 Å². The average Bonchev–Trinajstić information content (AvgIpc) is 2.78. The highest BCUT2D eigenvalue weighted by molar-refractivity contribution is 7.92. The number of amides is 1. The molecular weight excluding hydrogens is 435 g/mol. The van der Waals surface area contributed by atoms with Crippen LogP contribution in [0.5, 0.6) is 11.5 Å². The molecule has 0 radical (unpaired) electrons. The van der Waals surface area contributed by atoms with Crippen LogP contribution in [0.25, 0.3) is 0 Å². The first-order valence-electron chi connectivity index (χ1n) is 9.78. The van der Waals surface area contributed by atoms with Crippen molar-refractivity contribution >= 4 is 21.6 Å². The molecule has 9 heteroatoms. The molecule has 0 bridgehead atoms. The molecule has 0 heterocycles. The third-order valence-electron chi connectivity index (χ3n) is 4.51. The van der Waals surface area contributed by atoms with E-state index < -0.39 is 15.8 Å². The Kier molecular flexibility index (Phi) is 7.32. The Morgan fingerprint density at radius 1 is 1.00 bits per heavy atom. The predicted octanol–water partition coefficient (Wildman–Crippen LogP) is 3.96. The van der Waals surface area contributed by atoms with Crippen molar-refractivity contribution < 1.29 is 27.1 Å². The van der Waals surface area contributed by atoms with Crippen LogP contribution in [-0.4, -0.2) is 28.0 Å². The Morgan fingerprint density at radius 2 is 1.69 bits per heavy atom. The van der Waals surface area contributed by atoms with Gasteiger partial charge in [-0.25, -0.2) is 12.8 Å². The third kappa shape index (κ3) is 5.76.